The summed E-state index contributed by atoms with van der Waals surface area (Å²) in [5.74, 6) is 4.66. The van der Waals surface area contributed by atoms with E-state index in [0.29, 0.717) is 0 Å². The van der Waals surface area contributed by atoms with Gasteiger partial charge in [-0.15, -0.1) is 0 Å². The van der Waals surface area contributed by atoms with Crippen molar-refractivity contribution in [3.8, 4) is 0 Å². The van der Waals surface area contributed by atoms with Crippen LogP contribution < -0.4 is 5.73 Å². The summed E-state index contributed by atoms with van der Waals surface area (Å²) in [4.78, 5) is 7.99. The Kier molecular flexibility index (Phi) is 2.51. The van der Waals surface area contributed by atoms with Crippen molar-refractivity contribution in [2.45, 2.75) is 44.4 Å². The fourth-order valence-corrected chi connectivity index (χ4v) is 5.34. The van der Waals surface area contributed by atoms with E-state index in [1.807, 2.05) is 6.33 Å². The molecule has 3 nitrogen and oxygen atoms in total. The van der Waals surface area contributed by atoms with Crippen LogP contribution in [0.3, 0.4) is 0 Å². The van der Waals surface area contributed by atoms with Crippen LogP contribution in [0.1, 0.15) is 49.4 Å². The first-order valence-corrected chi connectivity index (χ1v) is 7.57. The molecule has 0 spiro atoms. The van der Waals surface area contributed by atoms with E-state index in [-0.39, 0.29) is 0 Å². The lowest BCUT2D eigenvalue weighted by molar-refractivity contribution is -0.00431. The highest BCUT2D eigenvalue weighted by Crippen LogP contribution is 2.59. The average Bonchev–Trinajstić information content (AvgIpc) is 2.76. The number of rotatable bonds is 3. The standard InChI is InChI=1S/C15H23N3/c16-2-1-13-15(18-8-17-13)14-11-4-9-3-10(6-11)7-12(14)5-9/h8-12,14H,1-7,16H2,(H,17,18). The Hall–Kier alpha value is -0.830. The van der Waals surface area contributed by atoms with Gasteiger partial charge >= 0.3 is 0 Å². The van der Waals surface area contributed by atoms with E-state index in [1.54, 1.807) is 0 Å². The highest BCUT2D eigenvalue weighted by Gasteiger charge is 2.49. The summed E-state index contributed by atoms with van der Waals surface area (Å²) in [5.41, 5.74) is 8.40. The van der Waals surface area contributed by atoms with E-state index in [4.69, 9.17) is 5.73 Å². The van der Waals surface area contributed by atoms with Crippen molar-refractivity contribution in [1.29, 1.82) is 0 Å². The van der Waals surface area contributed by atoms with Gasteiger partial charge in [0.15, 0.2) is 0 Å². The van der Waals surface area contributed by atoms with Gasteiger partial charge in [-0.25, -0.2) is 4.98 Å². The van der Waals surface area contributed by atoms with Gasteiger partial charge < -0.3 is 10.7 Å². The summed E-state index contributed by atoms with van der Waals surface area (Å²) in [7, 11) is 0. The Bertz CT molecular complexity index is 409. The maximum atomic E-state index is 5.72. The zero-order valence-corrected chi connectivity index (χ0v) is 10.9. The molecule has 4 bridgehead atoms. The van der Waals surface area contributed by atoms with Gasteiger partial charge in [-0.3, -0.25) is 0 Å². The molecule has 98 valence electrons. The Morgan fingerprint density at radius 2 is 1.78 bits per heavy atom. The molecule has 0 unspecified atom stereocenters. The first-order valence-electron chi connectivity index (χ1n) is 7.57. The van der Waals surface area contributed by atoms with Crippen LogP contribution in [0.5, 0.6) is 0 Å². The Morgan fingerprint density at radius 3 is 2.39 bits per heavy atom. The lowest BCUT2D eigenvalue weighted by Gasteiger charge is -2.54. The summed E-state index contributed by atoms with van der Waals surface area (Å²) >= 11 is 0. The molecule has 0 radical (unpaired) electrons. The maximum Gasteiger partial charge on any atom is 0.0925 e. The lowest BCUT2D eigenvalue weighted by Crippen LogP contribution is -2.44. The van der Waals surface area contributed by atoms with E-state index in [9.17, 15) is 0 Å². The van der Waals surface area contributed by atoms with Gasteiger partial charge in [-0.05, 0) is 62.3 Å². The molecule has 1 heterocycles. The molecule has 18 heavy (non-hydrogen) atoms. The molecule has 3 heteroatoms. The summed E-state index contributed by atoms with van der Waals surface area (Å²) in [6, 6.07) is 0. The van der Waals surface area contributed by atoms with Gasteiger partial charge in [0.05, 0.1) is 12.0 Å². The first kappa shape index (κ1) is 11.0. The molecule has 4 fully saturated rings. The van der Waals surface area contributed by atoms with Gasteiger partial charge in [0.25, 0.3) is 0 Å². The van der Waals surface area contributed by atoms with Crippen LogP contribution in [0.15, 0.2) is 6.33 Å². The molecular weight excluding hydrogens is 222 g/mol. The number of aromatic amines is 1. The third-order valence-corrected chi connectivity index (χ3v) is 5.69. The second kappa shape index (κ2) is 4.09. The zero-order chi connectivity index (χ0) is 12.1. The fourth-order valence-electron chi connectivity index (χ4n) is 5.34. The number of nitrogens with one attached hydrogen (secondary N) is 1. The molecule has 0 aromatic carbocycles. The number of hydrogen-bond acceptors (Lipinski definition) is 2. The smallest absolute Gasteiger partial charge is 0.0925 e. The minimum absolute atomic E-state index is 0.725. The number of hydrogen-bond donors (Lipinski definition) is 2. The first-order chi connectivity index (χ1) is 8.85. The van der Waals surface area contributed by atoms with Gasteiger partial charge in [0.2, 0.25) is 0 Å². The van der Waals surface area contributed by atoms with Gasteiger partial charge in [-0.2, -0.15) is 0 Å². The predicted octanol–water partition coefficient (Wildman–Crippen LogP) is 2.45. The molecule has 1 aromatic heterocycles. The summed E-state index contributed by atoms with van der Waals surface area (Å²) < 4.78 is 0. The van der Waals surface area contributed by atoms with Crippen molar-refractivity contribution in [1.82, 2.24) is 9.97 Å². The van der Waals surface area contributed by atoms with E-state index in [1.165, 1.54) is 43.5 Å². The summed E-state index contributed by atoms with van der Waals surface area (Å²) in [6.07, 6.45) is 10.2. The number of aromatic nitrogens is 2. The third kappa shape index (κ3) is 1.56. The van der Waals surface area contributed by atoms with Crippen LogP contribution in [0.25, 0.3) is 0 Å². The van der Waals surface area contributed by atoms with Crippen molar-refractivity contribution >= 4 is 0 Å². The molecular formula is C15H23N3. The Labute approximate surface area is 109 Å². The second-order valence-electron chi connectivity index (χ2n) is 6.76. The molecule has 3 N–H and O–H groups in total. The molecule has 4 saturated carbocycles. The Balaban J connectivity index is 1.66. The maximum absolute atomic E-state index is 5.72. The summed E-state index contributed by atoms with van der Waals surface area (Å²) in [6.45, 7) is 0.725. The van der Waals surface area contributed by atoms with Crippen LogP contribution in [0.2, 0.25) is 0 Å². The molecule has 0 aliphatic heterocycles. The molecule has 5 rings (SSSR count). The molecule has 0 amide bonds. The second-order valence-corrected chi connectivity index (χ2v) is 6.76. The topological polar surface area (TPSA) is 54.7 Å². The van der Waals surface area contributed by atoms with E-state index in [0.717, 1.165) is 42.6 Å². The summed E-state index contributed by atoms with van der Waals surface area (Å²) in [5, 5.41) is 0. The normalized spacial score (nSPS) is 41.5. The lowest BCUT2D eigenvalue weighted by atomic mass is 9.51. The van der Waals surface area contributed by atoms with Crippen molar-refractivity contribution in [2.75, 3.05) is 6.54 Å². The zero-order valence-electron chi connectivity index (χ0n) is 10.9. The number of imidazole rings is 1. The average molecular weight is 245 g/mol. The van der Waals surface area contributed by atoms with Crippen molar-refractivity contribution in [3.63, 3.8) is 0 Å². The van der Waals surface area contributed by atoms with E-state index >= 15 is 0 Å². The van der Waals surface area contributed by atoms with Crippen LogP contribution in [0, 0.1) is 23.7 Å². The van der Waals surface area contributed by atoms with Gasteiger partial charge in [0.1, 0.15) is 0 Å². The molecule has 4 aliphatic rings. The monoisotopic (exact) mass is 245 g/mol. The highest BCUT2D eigenvalue weighted by molar-refractivity contribution is 5.22. The van der Waals surface area contributed by atoms with Crippen LogP contribution in [-0.2, 0) is 6.42 Å². The van der Waals surface area contributed by atoms with Gasteiger partial charge in [-0.1, -0.05) is 0 Å². The third-order valence-electron chi connectivity index (χ3n) is 5.69. The highest BCUT2D eigenvalue weighted by atomic mass is 14.9. The molecule has 0 atom stereocenters. The van der Waals surface area contributed by atoms with E-state index < -0.39 is 0 Å². The number of nitrogens with two attached hydrogens (primary N) is 1. The fraction of sp³-hybridized carbons (Fsp3) is 0.800. The Morgan fingerprint density at radius 1 is 1.11 bits per heavy atom. The minimum Gasteiger partial charge on any atom is -0.348 e. The van der Waals surface area contributed by atoms with E-state index in [2.05, 4.69) is 9.97 Å². The van der Waals surface area contributed by atoms with Crippen LogP contribution in [0.4, 0.5) is 0 Å². The predicted molar refractivity (Wildman–Crippen MR) is 71.1 cm³/mol. The molecule has 0 saturated heterocycles. The van der Waals surface area contributed by atoms with Crippen LogP contribution >= 0.6 is 0 Å². The van der Waals surface area contributed by atoms with Crippen LogP contribution in [-0.4, -0.2) is 16.5 Å². The largest absolute Gasteiger partial charge is 0.348 e. The SMILES string of the molecule is NCCc1[nH]cnc1C1C2CC3CC(C2)CC1C3. The quantitative estimate of drug-likeness (QED) is 0.859. The number of H-pyrrole nitrogens is 1. The van der Waals surface area contributed by atoms with Gasteiger partial charge in [0, 0.05) is 18.0 Å². The van der Waals surface area contributed by atoms with Crippen molar-refractivity contribution < 1.29 is 0 Å². The van der Waals surface area contributed by atoms with Crippen molar-refractivity contribution in [2.24, 2.45) is 29.4 Å². The number of nitrogens with zero attached hydrogens (tertiary/aromatic N) is 1. The molecule has 1 aromatic rings. The minimum atomic E-state index is 0.725. The molecule has 4 aliphatic carbocycles. The van der Waals surface area contributed by atoms with Crippen molar-refractivity contribution in [3.05, 3.63) is 17.7 Å².